The molecule has 1 aromatic heterocycles. The Morgan fingerprint density at radius 3 is 3.00 bits per heavy atom. The normalized spacial score (nSPS) is 14.7. The molecule has 0 spiro atoms. The van der Waals surface area contributed by atoms with Gasteiger partial charge in [0.25, 0.3) is 0 Å². The number of nitrogens with zero attached hydrogens (tertiary/aromatic N) is 4. The van der Waals surface area contributed by atoms with Crippen molar-refractivity contribution < 1.29 is 4.74 Å². The summed E-state index contributed by atoms with van der Waals surface area (Å²) in [5.74, 6) is 1.43. The number of halogens is 1. The highest BCUT2D eigenvalue weighted by molar-refractivity contribution is 6.33. The fourth-order valence-electron chi connectivity index (χ4n) is 1.91. The maximum Gasteiger partial charge on any atom is 0.182 e. The third-order valence-corrected chi connectivity index (χ3v) is 3.62. The van der Waals surface area contributed by atoms with Crippen molar-refractivity contribution in [1.82, 2.24) is 20.2 Å². The first-order valence-electron chi connectivity index (χ1n) is 6.63. The van der Waals surface area contributed by atoms with Crippen LogP contribution in [0.3, 0.4) is 0 Å². The molecule has 0 aliphatic heterocycles. The Labute approximate surface area is 121 Å². The highest BCUT2D eigenvalue weighted by Gasteiger charge is 2.21. The molecule has 0 bridgehead atoms. The summed E-state index contributed by atoms with van der Waals surface area (Å²) < 4.78 is 7.32. The predicted octanol–water partition coefficient (Wildman–Crippen LogP) is 2.00. The standard InChI is InChI=1S/C13H16ClN5O/c14-11-7-10(3-4-12(11)15)13-16-17-18-19(13)5-6-20-8-9-1-2-9/h3-4,7,9H,1-2,5-6,8,15H2. The van der Waals surface area contributed by atoms with Crippen molar-refractivity contribution in [2.24, 2.45) is 5.92 Å². The van der Waals surface area contributed by atoms with Crippen molar-refractivity contribution >= 4 is 17.3 Å². The van der Waals surface area contributed by atoms with Gasteiger partial charge in [0.05, 0.1) is 23.9 Å². The minimum atomic E-state index is 0.502. The Balaban J connectivity index is 1.66. The van der Waals surface area contributed by atoms with Crippen molar-refractivity contribution in [3.05, 3.63) is 23.2 Å². The van der Waals surface area contributed by atoms with E-state index >= 15 is 0 Å². The zero-order valence-electron chi connectivity index (χ0n) is 11.0. The molecule has 7 heteroatoms. The van der Waals surface area contributed by atoms with Crippen LogP contribution in [0.1, 0.15) is 12.8 Å². The molecule has 0 radical (unpaired) electrons. The maximum absolute atomic E-state index is 6.02. The van der Waals surface area contributed by atoms with E-state index in [0.717, 1.165) is 18.1 Å². The van der Waals surface area contributed by atoms with Crippen LogP contribution in [0.2, 0.25) is 5.02 Å². The van der Waals surface area contributed by atoms with Crippen LogP contribution in [0, 0.1) is 5.92 Å². The first-order valence-corrected chi connectivity index (χ1v) is 7.01. The number of nitrogen functional groups attached to an aromatic ring is 1. The summed E-state index contributed by atoms with van der Waals surface area (Å²) in [4.78, 5) is 0. The molecular weight excluding hydrogens is 278 g/mol. The summed E-state index contributed by atoms with van der Waals surface area (Å²) in [7, 11) is 0. The van der Waals surface area contributed by atoms with Gasteiger partial charge < -0.3 is 10.5 Å². The van der Waals surface area contributed by atoms with E-state index in [4.69, 9.17) is 22.1 Å². The molecule has 1 aliphatic carbocycles. The molecule has 1 aliphatic rings. The van der Waals surface area contributed by atoms with Gasteiger partial charge in [0.15, 0.2) is 5.82 Å². The van der Waals surface area contributed by atoms with Gasteiger partial charge in [-0.15, -0.1) is 5.10 Å². The number of aromatic nitrogens is 4. The van der Waals surface area contributed by atoms with Crippen molar-refractivity contribution in [2.45, 2.75) is 19.4 Å². The van der Waals surface area contributed by atoms with Crippen LogP contribution in [-0.4, -0.2) is 33.4 Å². The van der Waals surface area contributed by atoms with Gasteiger partial charge in [-0.3, -0.25) is 0 Å². The van der Waals surface area contributed by atoms with Crippen LogP contribution in [0.15, 0.2) is 18.2 Å². The van der Waals surface area contributed by atoms with Gasteiger partial charge in [0.1, 0.15) is 0 Å². The average Bonchev–Trinajstić information content (AvgIpc) is 3.15. The minimum Gasteiger partial charge on any atom is -0.398 e. The zero-order valence-corrected chi connectivity index (χ0v) is 11.8. The van der Waals surface area contributed by atoms with E-state index in [-0.39, 0.29) is 0 Å². The fraction of sp³-hybridized carbons (Fsp3) is 0.462. The van der Waals surface area contributed by atoms with E-state index < -0.39 is 0 Å². The van der Waals surface area contributed by atoms with Crippen LogP contribution in [0.5, 0.6) is 0 Å². The van der Waals surface area contributed by atoms with Gasteiger partial charge in [-0.25, -0.2) is 4.68 Å². The van der Waals surface area contributed by atoms with Gasteiger partial charge in [0.2, 0.25) is 0 Å². The second-order valence-electron chi connectivity index (χ2n) is 4.98. The van der Waals surface area contributed by atoms with Crippen LogP contribution >= 0.6 is 11.6 Å². The first kappa shape index (κ1) is 13.3. The lowest BCUT2D eigenvalue weighted by molar-refractivity contribution is 0.114. The van der Waals surface area contributed by atoms with E-state index in [0.29, 0.717) is 29.7 Å². The Bertz CT molecular complexity index is 596. The summed E-state index contributed by atoms with van der Waals surface area (Å²) in [6.45, 7) is 2.07. The van der Waals surface area contributed by atoms with E-state index in [1.165, 1.54) is 12.8 Å². The molecule has 0 unspecified atom stereocenters. The Kier molecular flexibility index (Phi) is 3.84. The van der Waals surface area contributed by atoms with Gasteiger partial charge in [-0.05, 0) is 47.4 Å². The fourth-order valence-corrected chi connectivity index (χ4v) is 2.09. The first-order chi connectivity index (χ1) is 9.74. The van der Waals surface area contributed by atoms with Gasteiger partial charge in [0, 0.05) is 12.2 Å². The number of hydrogen-bond donors (Lipinski definition) is 1. The third kappa shape index (κ3) is 3.08. The molecule has 2 aromatic rings. The van der Waals surface area contributed by atoms with Crippen LogP contribution in [0.4, 0.5) is 5.69 Å². The predicted molar refractivity (Wildman–Crippen MR) is 76.2 cm³/mol. The maximum atomic E-state index is 6.02. The smallest absolute Gasteiger partial charge is 0.182 e. The molecule has 1 heterocycles. The number of rotatable bonds is 6. The topological polar surface area (TPSA) is 78.9 Å². The lowest BCUT2D eigenvalue weighted by Crippen LogP contribution is -2.10. The molecule has 3 rings (SSSR count). The molecule has 1 aromatic carbocycles. The highest BCUT2D eigenvalue weighted by Crippen LogP contribution is 2.29. The average molecular weight is 294 g/mol. The molecular formula is C13H16ClN5O. The van der Waals surface area contributed by atoms with Gasteiger partial charge in [-0.1, -0.05) is 11.6 Å². The molecule has 0 atom stereocenters. The summed E-state index contributed by atoms with van der Waals surface area (Å²) in [6, 6.07) is 5.37. The molecule has 2 N–H and O–H groups in total. The summed E-state index contributed by atoms with van der Waals surface area (Å²) in [5, 5.41) is 12.2. The van der Waals surface area contributed by atoms with Crippen LogP contribution in [-0.2, 0) is 11.3 Å². The number of nitrogens with two attached hydrogens (primary N) is 1. The number of anilines is 1. The molecule has 1 fully saturated rings. The van der Waals surface area contributed by atoms with E-state index in [9.17, 15) is 0 Å². The summed E-state index contributed by atoms with van der Waals surface area (Å²) >= 11 is 6.02. The van der Waals surface area contributed by atoms with Crippen molar-refractivity contribution in [2.75, 3.05) is 18.9 Å². The lowest BCUT2D eigenvalue weighted by atomic mass is 10.2. The van der Waals surface area contributed by atoms with Gasteiger partial charge >= 0.3 is 0 Å². The van der Waals surface area contributed by atoms with E-state index in [1.807, 2.05) is 6.07 Å². The quantitative estimate of drug-likeness (QED) is 0.651. The molecule has 0 saturated heterocycles. The summed E-state index contributed by atoms with van der Waals surface area (Å²) in [5.41, 5.74) is 7.09. The van der Waals surface area contributed by atoms with Crippen molar-refractivity contribution in [1.29, 1.82) is 0 Å². The highest BCUT2D eigenvalue weighted by atomic mass is 35.5. The third-order valence-electron chi connectivity index (χ3n) is 3.29. The number of hydrogen-bond acceptors (Lipinski definition) is 5. The number of tetrazole rings is 1. The van der Waals surface area contributed by atoms with Crippen molar-refractivity contribution in [3.63, 3.8) is 0 Å². The Morgan fingerprint density at radius 1 is 1.40 bits per heavy atom. The largest absolute Gasteiger partial charge is 0.398 e. The summed E-state index contributed by atoms with van der Waals surface area (Å²) in [6.07, 6.45) is 2.58. The molecule has 6 nitrogen and oxygen atoms in total. The van der Waals surface area contributed by atoms with Crippen LogP contribution in [0.25, 0.3) is 11.4 Å². The second kappa shape index (κ2) is 5.76. The van der Waals surface area contributed by atoms with E-state index in [1.54, 1.807) is 16.8 Å². The lowest BCUT2D eigenvalue weighted by Gasteiger charge is -2.06. The number of benzene rings is 1. The Hall–Kier alpha value is -1.66. The molecule has 20 heavy (non-hydrogen) atoms. The van der Waals surface area contributed by atoms with Crippen molar-refractivity contribution in [3.8, 4) is 11.4 Å². The minimum absolute atomic E-state index is 0.502. The molecule has 106 valence electrons. The monoisotopic (exact) mass is 293 g/mol. The van der Waals surface area contributed by atoms with E-state index in [2.05, 4.69) is 15.5 Å². The molecule has 0 amide bonds. The number of ether oxygens (including phenoxy) is 1. The second-order valence-corrected chi connectivity index (χ2v) is 5.39. The van der Waals surface area contributed by atoms with Crippen LogP contribution < -0.4 is 5.73 Å². The molecule has 1 saturated carbocycles. The SMILES string of the molecule is Nc1ccc(-c2nnnn2CCOCC2CC2)cc1Cl. The van der Waals surface area contributed by atoms with Gasteiger partial charge in [-0.2, -0.15) is 0 Å². The zero-order chi connectivity index (χ0) is 13.9. The Morgan fingerprint density at radius 2 is 2.25 bits per heavy atom.